The lowest BCUT2D eigenvalue weighted by molar-refractivity contribution is 0.0734. The number of hydrogen-bond acceptors (Lipinski definition) is 2. The Labute approximate surface area is 198 Å². The Morgan fingerprint density at radius 2 is 1.62 bits per heavy atom. The summed E-state index contributed by atoms with van der Waals surface area (Å²) in [6.45, 7) is 3.79. The van der Waals surface area contributed by atoms with Crippen LogP contribution in [-0.2, 0) is 0 Å². The summed E-state index contributed by atoms with van der Waals surface area (Å²) in [6.07, 6.45) is 6.29. The van der Waals surface area contributed by atoms with Crippen LogP contribution in [0, 0.1) is 30.3 Å². The Hall–Kier alpha value is -3.08. The zero-order chi connectivity index (χ0) is 24.2. The summed E-state index contributed by atoms with van der Waals surface area (Å²) in [5.41, 5.74) is 1.65. The Bertz CT molecular complexity index is 1160. The fourth-order valence-corrected chi connectivity index (χ4v) is 4.86. The molecule has 0 aromatic heterocycles. The molecule has 1 aliphatic carbocycles. The van der Waals surface area contributed by atoms with Gasteiger partial charge in [-0.2, -0.15) is 0 Å². The topological polar surface area (TPSA) is 26.3 Å². The molecule has 0 unspecified atom stereocenters. The molecule has 0 saturated heterocycles. The Morgan fingerprint density at radius 3 is 2.26 bits per heavy atom. The average Bonchev–Trinajstić information content (AvgIpc) is 2.84. The molecule has 178 valence electrons. The number of rotatable bonds is 6. The van der Waals surface area contributed by atoms with E-state index in [9.17, 15) is 9.18 Å². The van der Waals surface area contributed by atoms with Crippen LogP contribution in [0.25, 0.3) is 11.1 Å². The van der Waals surface area contributed by atoms with Crippen LogP contribution in [0.2, 0.25) is 0 Å². The van der Waals surface area contributed by atoms with Gasteiger partial charge >= 0.3 is 5.97 Å². The van der Waals surface area contributed by atoms with Crippen molar-refractivity contribution >= 4 is 5.97 Å². The lowest BCUT2D eigenvalue weighted by Gasteiger charge is -2.29. The maximum atomic E-state index is 15.0. The SMILES string of the molecule is CCCC1CCC(c2ccc(-c3ccc(OC(=O)c4ccc(C)c(F)c4)cc3)c(F)c2F)CC1. The Balaban J connectivity index is 1.46. The van der Waals surface area contributed by atoms with Crippen LogP contribution in [0.1, 0.15) is 72.9 Å². The van der Waals surface area contributed by atoms with E-state index >= 15 is 8.78 Å². The van der Waals surface area contributed by atoms with Gasteiger partial charge in [0.25, 0.3) is 0 Å². The number of halogens is 3. The summed E-state index contributed by atoms with van der Waals surface area (Å²) in [5, 5.41) is 0. The van der Waals surface area contributed by atoms with E-state index < -0.39 is 23.4 Å². The molecule has 0 spiro atoms. The lowest BCUT2D eigenvalue weighted by atomic mass is 9.77. The largest absolute Gasteiger partial charge is 0.423 e. The molecule has 0 bridgehead atoms. The van der Waals surface area contributed by atoms with E-state index in [4.69, 9.17) is 4.74 Å². The van der Waals surface area contributed by atoms with Gasteiger partial charge in [-0.1, -0.05) is 50.1 Å². The number of esters is 1. The molecular formula is C29H29F3O2. The van der Waals surface area contributed by atoms with Gasteiger partial charge in [-0.3, -0.25) is 0 Å². The van der Waals surface area contributed by atoms with E-state index in [0.717, 1.165) is 38.2 Å². The van der Waals surface area contributed by atoms with Crippen LogP contribution in [0.3, 0.4) is 0 Å². The van der Waals surface area contributed by atoms with Gasteiger partial charge in [0, 0.05) is 5.56 Å². The van der Waals surface area contributed by atoms with E-state index in [2.05, 4.69) is 6.92 Å². The molecule has 1 saturated carbocycles. The summed E-state index contributed by atoms with van der Waals surface area (Å²) in [4.78, 5) is 12.3. The van der Waals surface area contributed by atoms with E-state index in [1.165, 1.54) is 30.7 Å². The molecule has 0 radical (unpaired) electrons. The quantitative estimate of drug-likeness (QED) is 0.269. The predicted molar refractivity (Wildman–Crippen MR) is 127 cm³/mol. The second kappa shape index (κ2) is 10.5. The highest BCUT2D eigenvalue weighted by Crippen LogP contribution is 2.40. The molecule has 0 atom stereocenters. The third kappa shape index (κ3) is 5.19. The lowest BCUT2D eigenvalue weighted by Crippen LogP contribution is -2.15. The highest BCUT2D eigenvalue weighted by Gasteiger charge is 2.26. The number of carbonyl (C=O) groups is 1. The fourth-order valence-electron chi connectivity index (χ4n) is 4.86. The molecule has 1 aliphatic rings. The third-order valence-corrected chi connectivity index (χ3v) is 6.88. The van der Waals surface area contributed by atoms with Crippen molar-refractivity contribution in [3.05, 3.63) is 88.7 Å². The standard InChI is InChI=1S/C29H29F3O2/c1-3-4-19-6-9-20(10-7-19)24-15-16-25(28(32)27(24)31)21-11-13-23(14-12-21)34-29(33)22-8-5-18(2)26(30)17-22/h5,8,11-17,19-20H,3-4,6-7,9-10H2,1-2H3. The van der Waals surface area contributed by atoms with Gasteiger partial charge in [0.1, 0.15) is 11.6 Å². The van der Waals surface area contributed by atoms with Crippen molar-refractivity contribution in [1.29, 1.82) is 0 Å². The molecule has 0 heterocycles. The minimum Gasteiger partial charge on any atom is -0.423 e. The predicted octanol–water partition coefficient (Wildman–Crippen LogP) is 8.37. The first-order valence-corrected chi connectivity index (χ1v) is 11.9. The first kappa shape index (κ1) is 24.1. The molecule has 5 heteroatoms. The molecule has 3 aromatic carbocycles. The first-order valence-electron chi connectivity index (χ1n) is 11.9. The molecule has 0 aliphatic heterocycles. The van der Waals surface area contributed by atoms with Crippen LogP contribution >= 0.6 is 0 Å². The van der Waals surface area contributed by atoms with Crippen LogP contribution in [0.15, 0.2) is 54.6 Å². The van der Waals surface area contributed by atoms with E-state index in [1.807, 2.05) is 0 Å². The fraction of sp³-hybridized carbons (Fsp3) is 0.345. The van der Waals surface area contributed by atoms with Crippen molar-refractivity contribution in [3.63, 3.8) is 0 Å². The van der Waals surface area contributed by atoms with Crippen LogP contribution in [0.5, 0.6) is 5.75 Å². The number of benzene rings is 3. The van der Waals surface area contributed by atoms with Crippen molar-refractivity contribution in [3.8, 4) is 16.9 Å². The maximum absolute atomic E-state index is 15.0. The highest BCUT2D eigenvalue weighted by molar-refractivity contribution is 5.91. The van der Waals surface area contributed by atoms with Crippen molar-refractivity contribution in [2.75, 3.05) is 0 Å². The third-order valence-electron chi connectivity index (χ3n) is 6.88. The molecular weight excluding hydrogens is 437 g/mol. The second-order valence-corrected chi connectivity index (χ2v) is 9.21. The first-order chi connectivity index (χ1) is 16.4. The van der Waals surface area contributed by atoms with Crippen LogP contribution in [-0.4, -0.2) is 5.97 Å². The van der Waals surface area contributed by atoms with Gasteiger partial charge in [0.15, 0.2) is 11.6 Å². The van der Waals surface area contributed by atoms with Crippen molar-refractivity contribution in [1.82, 2.24) is 0 Å². The zero-order valence-corrected chi connectivity index (χ0v) is 19.5. The molecule has 1 fully saturated rings. The van der Waals surface area contributed by atoms with Gasteiger partial charge in [-0.15, -0.1) is 0 Å². The minimum absolute atomic E-state index is 0.0602. The zero-order valence-electron chi connectivity index (χ0n) is 19.5. The smallest absolute Gasteiger partial charge is 0.343 e. The molecule has 4 rings (SSSR count). The van der Waals surface area contributed by atoms with Crippen LogP contribution in [0.4, 0.5) is 13.2 Å². The average molecular weight is 467 g/mol. The van der Waals surface area contributed by atoms with E-state index in [1.54, 1.807) is 31.2 Å². The van der Waals surface area contributed by atoms with Crippen molar-refractivity contribution in [2.24, 2.45) is 5.92 Å². The van der Waals surface area contributed by atoms with Crippen molar-refractivity contribution < 1.29 is 22.7 Å². The molecule has 2 nitrogen and oxygen atoms in total. The van der Waals surface area contributed by atoms with Gasteiger partial charge in [0.2, 0.25) is 0 Å². The summed E-state index contributed by atoms with van der Waals surface area (Å²) in [6, 6.07) is 13.6. The summed E-state index contributed by atoms with van der Waals surface area (Å²) >= 11 is 0. The molecule has 0 N–H and O–H groups in total. The highest BCUT2D eigenvalue weighted by atomic mass is 19.2. The normalized spacial score (nSPS) is 18.0. The van der Waals surface area contributed by atoms with Gasteiger partial charge in [-0.05, 0) is 85.4 Å². The number of aryl methyl sites for hydroxylation is 1. The second-order valence-electron chi connectivity index (χ2n) is 9.21. The summed E-state index contributed by atoms with van der Waals surface area (Å²) in [5.74, 6) is -1.81. The number of hydrogen-bond donors (Lipinski definition) is 0. The van der Waals surface area contributed by atoms with Crippen molar-refractivity contribution in [2.45, 2.75) is 58.3 Å². The van der Waals surface area contributed by atoms with E-state index in [-0.39, 0.29) is 22.8 Å². The maximum Gasteiger partial charge on any atom is 0.343 e. The summed E-state index contributed by atoms with van der Waals surface area (Å²) in [7, 11) is 0. The minimum atomic E-state index is -0.854. The number of carbonyl (C=O) groups excluding carboxylic acids is 1. The van der Waals surface area contributed by atoms with Gasteiger partial charge < -0.3 is 4.74 Å². The molecule has 34 heavy (non-hydrogen) atoms. The molecule has 3 aromatic rings. The van der Waals surface area contributed by atoms with Gasteiger partial charge in [0.05, 0.1) is 5.56 Å². The van der Waals surface area contributed by atoms with Gasteiger partial charge in [-0.25, -0.2) is 18.0 Å². The van der Waals surface area contributed by atoms with Crippen LogP contribution < -0.4 is 4.74 Å². The Morgan fingerprint density at radius 1 is 0.912 bits per heavy atom. The molecule has 0 amide bonds. The Kier molecular flexibility index (Phi) is 7.40. The van der Waals surface area contributed by atoms with E-state index in [0.29, 0.717) is 22.6 Å². The summed E-state index contributed by atoms with van der Waals surface area (Å²) < 4.78 is 49.0. The number of ether oxygens (including phenoxy) is 1. The monoisotopic (exact) mass is 466 g/mol.